The van der Waals surface area contributed by atoms with Gasteiger partial charge in [-0.2, -0.15) is 5.10 Å². The van der Waals surface area contributed by atoms with E-state index in [0.29, 0.717) is 5.56 Å². The maximum atomic E-state index is 12.1. The monoisotopic (exact) mass is 315 g/mol. The second kappa shape index (κ2) is 5.35. The molecule has 0 atom stereocenters. The zero-order valence-electron chi connectivity index (χ0n) is 10.8. The van der Waals surface area contributed by atoms with Crippen LogP contribution in [0.2, 0.25) is 0 Å². The molecule has 3 N–H and O–H groups in total. The zero-order valence-corrected chi connectivity index (χ0v) is 12.4. The van der Waals surface area contributed by atoms with Crippen molar-refractivity contribution in [1.82, 2.24) is 14.9 Å². The number of aromatic amines is 1. The van der Waals surface area contributed by atoms with Gasteiger partial charge in [-0.05, 0) is 25.5 Å². The summed E-state index contributed by atoms with van der Waals surface area (Å²) in [7, 11) is -3.72. The Bertz CT molecular complexity index is 746. The average molecular weight is 315 g/mol. The van der Waals surface area contributed by atoms with Crippen LogP contribution in [0.1, 0.15) is 26.5 Å². The van der Waals surface area contributed by atoms with Crippen molar-refractivity contribution in [2.24, 2.45) is 0 Å². The third kappa shape index (κ3) is 2.89. The van der Waals surface area contributed by atoms with Gasteiger partial charge in [-0.1, -0.05) is 0 Å². The lowest BCUT2D eigenvalue weighted by Gasteiger charge is -2.03. The number of rotatable bonds is 5. The van der Waals surface area contributed by atoms with Gasteiger partial charge in [-0.15, -0.1) is 11.3 Å². The molecule has 108 valence electrons. The van der Waals surface area contributed by atoms with Gasteiger partial charge in [0.2, 0.25) is 10.0 Å². The number of carboxylic acids is 1. The van der Waals surface area contributed by atoms with E-state index in [1.807, 2.05) is 0 Å². The highest BCUT2D eigenvalue weighted by atomic mass is 32.2. The Morgan fingerprint density at radius 3 is 2.70 bits per heavy atom. The van der Waals surface area contributed by atoms with Gasteiger partial charge in [0.05, 0.1) is 6.20 Å². The van der Waals surface area contributed by atoms with Crippen molar-refractivity contribution < 1.29 is 18.3 Å². The number of carboxylic acid groups (broad SMARTS) is 1. The van der Waals surface area contributed by atoms with Crippen LogP contribution in [0.4, 0.5) is 0 Å². The molecule has 0 spiro atoms. The molecular formula is C11H13N3O4S2. The number of nitrogens with zero attached hydrogens (tertiary/aromatic N) is 1. The molecule has 2 heterocycles. The fraction of sp³-hybridized carbons (Fsp3) is 0.273. The molecule has 0 fully saturated rings. The van der Waals surface area contributed by atoms with E-state index in [0.717, 1.165) is 22.6 Å². The first kappa shape index (κ1) is 14.7. The van der Waals surface area contributed by atoms with Crippen LogP contribution in [0, 0.1) is 13.8 Å². The number of aromatic nitrogens is 2. The zero-order chi connectivity index (χ0) is 14.9. The Morgan fingerprint density at radius 2 is 2.20 bits per heavy atom. The van der Waals surface area contributed by atoms with Gasteiger partial charge in [0.15, 0.2) is 0 Å². The molecule has 2 aromatic heterocycles. The van der Waals surface area contributed by atoms with Gasteiger partial charge < -0.3 is 5.11 Å². The second-order valence-corrected chi connectivity index (χ2v) is 7.27. The lowest BCUT2D eigenvalue weighted by Crippen LogP contribution is -2.22. The summed E-state index contributed by atoms with van der Waals surface area (Å²) in [5.41, 5.74) is 1.95. The predicted molar refractivity (Wildman–Crippen MR) is 73.4 cm³/mol. The molecular weight excluding hydrogens is 302 g/mol. The van der Waals surface area contributed by atoms with Crippen LogP contribution < -0.4 is 4.72 Å². The summed E-state index contributed by atoms with van der Waals surface area (Å²) in [4.78, 5) is 11.0. The molecule has 9 heteroatoms. The van der Waals surface area contributed by atoms with Crippen molar-refractivity contribution in [2.45, 2.75) is 24.6 Å². The molecule has 0 aromatic carbocycles. The molecule has 2 rings (SSSR count). The average Bonchev–Trinajstić information content (AvgIpc) is 2.93. The first-order valence-electron chi connectivity index (χ1n) is 5.63. The van der Waals surface area contributed by atoms with Crippen molar-refractivity contribution in [3.63, 3.8) is 0 Å². The van der Waals surface area contributed by atoms with Gasteiger partial charge in [0, 0.05) is 17.8 Å². The second-order valence-electron chi connectivity index (χ2n) is 4.23. The molecule has 20 heavy (non-hydrogen) atoms. The van der Waals surface area contributed by atoms with E-state index < -0.39 is 16.0 Å². The van der Waals surface area contributed by atoms with E-state index in [4.69, 9.17) is 5.11 Å². The minimum Gasteiger partial charge on any atom is -0.477 e. The van der Waals surface area contributed by atoms with E-state index in [9.17, 15) is 13.2 Å². The molecule has 0 aliphatic rings. The summed E-state index contributed by atoms with van der Waals surface area (Å²) >= 11 is 0.742. The fourth-order valence-electron chi connectivity index (χ4n) is 1.60. The number of aromatic carboxylic acids is 1. The SMILES string of the molecule is Cc1cc(S(=O)(=O)NCc2cn[nH]c2C)sc1C(=O)O. The molecule has 2 aromatic rings. The molecule has 0 amide bonds. The molecule has 0 saturated carbocycles. The number of hydrogen-bond acceptors (Lipinski definition) is 5. The number of sulfonamides is 1. The van der Waals surface area contributed by atoms with E-state index in [1.54, 1.807) is 20.0 Å². The normalized spacial score (nSPS) is 11.7. The number of carbonyl (C=O) groups is 1. The fourth-order valence-corrected chi connectivity index (χ4v) is 4.02. The van der Waals surface area contributed by atoms with Crippen molar-refractivity contribution >= 4 is 27.3 Å². The van der Waals surface area contributed by atoms with Crippen LogP contribution >= 0.6 is 11.3 Å². The Labute approximate surface area is 119 Å². The van der Waals surface area contributed by atoms with Gasteiger partial charge in [0.25, 0.3) is 0 Å². The number of H-pyrrole nitrogens is 1. The lowest BCUT2D eigenvalue weighted by atomic mass is 10.3. The van der Waals surface area contributed by atoms with E-state index in [-0.39, 0.29) is 15.6 Å². The smallest absolute Gasteiger partial charge is 0.346 e. The minimum atomic E-state index is -3.72. The lowest BCUT2D eigenvalue weighted by molar-refractivity contribution is 0.0701. The van der Waals surface area contributed by atoms with E-state index in [2.05, 4.69) is 14.9 Å². The van der Waals surface area contributed by atoms with Crippen LogP contribution in [-0.2, 0) is 16.6 Å². The van der Waals surface area contributed by atoms with Gasteiger partial charge >= 0.3 is 5.97 Å². The third-order valence-electron chi connectivity index (χ3n) is 2.74. The van der Waals surface area contributed by atoms with Crippen LogP contribution in [0.3, 0.4) is 0 Å². The molecule has 0 radical (unpaired) electrons. The first-order chi connectivity index (χ1) is 9.31. The number of aryl methyl sites for hydroxylation is 2. The van der Waals surface area contributed by atoms with Crippen LogP contribution in [0.15, 0.2) is 16.5 Å². The third-order valence-corrected chi connectivity index (χ3v) is 5.84. The summed E-state index contributed by atoms with van der Waals surface area (Å²) in [5.74, 6) is -1.13. The van der Waals surface area contributed by atoms with Gasteiger partial charge in [-0.3, -0.25) is 5.10 Å². The maximum absolute atomic E-state index is 12.1. The highest BCUT2D eigenvalue weighted by molar-refractivity contribution is 7.91. The summed E-state index contributed by atoms with van der Waals surface area (Å²) in [6.45, 7) is 3.46. The Hall–Kier alpha value is -1.71. The van der Waals surface area contributed by atoms with Crippen LogP contribution in [0.5, 0.6) is 0 Å². The molecule has 0 unspecified atom stereocenters. The van der Waals surface area contributed by atoms with E-state index >= 15 is 0 Å². The quantitative estimate of drug-likeness (QED) is 0.769. The molecule has 0 aliphatic carbocycles. The number of nitrogens with one attached hydrogen (secondary N) is 2. The Balaban J connectivity index is 2.20. The summed E-state index contributed by atoms with van der Waals surface area (Å²) in [6, 6.07) is 1.36. The minimum absolute atomic E-state index is 0.00597. The number of thiophene rings is 1. The topological polar surface area (TPSA) is 112 Å². The summed E-state index contributed by atoms with van der Waals surface area (Å²) in [5, 5.41) is 15.5. The molecule has 0 saturated heterocycles. The van der Waals surface area contributed by atoms with Crippen LogP contribution in [-0.4, -0.2) is 29.7 Å². The number of hydrogen-bond donors (Lipinski definition) is 3. The highest BCUT2D eigenvalue weighted by Crippen LogP contribution is 2.26. The Morgan fingerprint density at radius 1 is 1.50 bits per heavy atom. The predicted octanol–water partition coefficient (Wildman–Crippen LogP) is 1.26. The van der Waals surface area contributed by atoms with E-state index in [1.165, 1.54) is 6.07 Å². The van der Waals surface area contributed by atoms with Crippen molar-refractivity contribution in [3.8, 4) is 0 Å². The molecule has 7 nitrogen and oxygen atoms in total. The first-order valence-corrected chi connectivity index (χ1v) is 7.93. The van der Waals surface area contributed by atoms with Gasteiger partial charge in [-0.25, -0.2) is 17.9 Å². The summed E-state index contributed by atoms with van der Waals surface area (Å²) in [6.07, 6.45) is 1.54. The molecule has 0 aliphatic heterocycles. The van der Waals surface area contributed by atoms with Gasteiger partial charge in [0.1, 0.15) is 9.09 Å². The van der Waals surface area contributed by atoms with Crippen molar-refractivity contribution in [3.05, 3.63) is 34.0 Å². The maximum Gasteiger partial charge on any atom is 0.346 e. The molecule has 0 bridgehead atoms. The standard InChI is InChI=1S/C11H13N3O4S2/c1-6-3-9(19-10(6)11(15)16)20(17,18)13-5-8-4-12-14-7(8)2/h3-4,13H,5H2,1-2H3,(H,12,14)(H,15,16). The summed E-state index contributed by atoms with van der Waals surface area (Å²) < 4.78 is 26.6. The van der Waals surface area contributed by atoms with Crippen molar-refractivity contribution in [2.75, 3.05) is 0 Å². The van der Waals surface area contributed by atoms with Crippen LogP contribution in [0.25, 0.3) is 0 Å². The van der Waals surface area contributed by atoms with Crippen molar-refractivity contribution in [1.29, 1.82) is 0 Å². The Kier molecular flexibility index (Phi) is 3.93. The highest BCUT2D eigenvalue weighted by Gasteiger charge is 2.21. The largest absolute Gasteiger partial charge is 0.477 e.